The highest BCUT2D eigenvalue weighted by molar-refractivity contribution is 6.05. The van der Waals surface area contributed by atoms with E-state index in [9.17, 15) is 9.50 Å². The lowest BCUT2D eigenvalue weighted by Gasteiger charge is -2.06. The van der Waals surface area contributed by atoms with Gasteiger partial charge in [-0.2, -0.15) is 0 Å². The van der Waals surface area contributed by atoms with E-state index in [1.165, 1.54) is 12.1 Å². The molecule has 4 heteroatoms. The summed E-state index contributed by atoms with van der Waals surface area (Å²) in [5.41, 5.74) is 4.23. The Bertz CT molecular complexity index is 680. The van der Waals surface area contributed by atoms with Gasteiger partial charge in [0.15, 0.2) is 11.6 Å². The molecule has 0 amide bonds. The van der Waals surface area contributed by atoms with Gasteiger partial charge in [-0.1, -0.05) is 23.4 Å². The molecule has 0 aromatic heterocycles. The van der Waals surface area contributed by atoms with Gasteiger partial charge in [0, 0.05) is 5.56 Å². The zero-order valence-electron chi connectivity index (χ0n) is 10.1. The Labute approximate surface area is 109 Å². The number of hydrogen-bond donors (Lipinski definition) is 2. The lowest BCUT2D eigenvalue weighted by atomic mass is 10.00. The maximum atomic E-state index is 13.4. The van der Waals surface area contributed by atoms with E-state index < -0.39 is 5.82 Å². The summed E-state index contributed by atoms with van der Waals surface area (Å²) in [5.74, 6) is -1.00. The van der Waals surface area contributed by atoms with E-state index in [4.69, 9.17) is 5.21 Å². The maximum absolute atomic E-state index is 13.4. The SMILES string of the molecule is ON=C1CCc2ccc(-c3ccc(O)c(F)c3)cc21. The molecule has 0 fully saturated rings. The highest BCUT2D eigenvalue weighted by Crippen LogP contribution is 2.30. The molecule has 96 valence electrons. The first-order chi connectivity index (χ1) is 9.19. The monoisotopic (exact) mass is 257 g/mol. The van der Waals surface area contributed by atoms with Gasteiger partial charge < -0.3 is 10.3 Å². The quantitative estimate of drug-likeness (QED) is 0.608. The van der Waals surface area contributed by atoms with Crippen LogP contribution in [0.4, 0.5) is 4.39 Å². The molecule has 0 spiro atoms. The first-order valence-corrected chi connectivity index (χ1v) is 6.02. The van der Waals surface area contributed by atoms with Gasteiger partial charge in [-0.15, -0.1) is 0 Å². The molecule has 1 aliphatic rings. The first-order valence-electron chi connectivity index (χ1n) is 6.02. The van der Waals surface area contributed by atoms with Crippen molar-refractivity contribution in [2.75, 3.05) is 0 Å². The smallest absolute Gasteiger partial charge is 0.165 e. The van der Waals surface area contributed by atoms with E-state index in [0.717, 1.165) is 29.5 Å². The fraction of sp³-hybridized carbons (Fsp3) is 0.133. The molecule has 19 heavy (non-hydrogen) atoms. The number of phenolic OH excluding ortho intramolecular Hbond substituents is 1. The van der Waals surface area contributed by atoms with E-state index in [0.29, 0.717) is 11.3 Å². The van der Waals surface area contributed by atoms with Crippen LogP contribution in [0.15, 0.2) is 41.6 Å². The molecule has 3 nitrogen and oxygen atoms in total. The summed E-state index contributed by atoms with van der Waals surface area (Å²) < 4.78 is 13.4. The molecule has 0 radical (unpaired) electrons. The van der Waals surface area contributed by atoms with Crippen molar-refractivity contribution in [2.45, 2.75) is 12.8 Å². The minimum atomic E-state index is -0.644. The molecule has 0 saturated carbocycles. The number of hydrogen-bond acceptors (Lipinski definition) is 3. The van der Waals surface area contributed by atoms with Gasteiger partial charge in [-0.25, -0.2) is 4.39 Å². The first kappa shape index (κ1) is 11.7. The molecule has 0 atom stereocenters. The Hall–Kier alpha value is -2.36. The summed E-state index contributed by atoms with van der Waals surface area (Å²) in [5, 5.41) is 21.4. The molecular weight excluding hydrogens is 245 g/mol. The van der Waals surface area contributed by atoms with Crippen LogP contribution in [0.5, 0.6) is 5.75 Å². The van der Waals surface area contributed by atoms with Crippen molar-refractivity contribution in [3.8, 4) is 16.9 Å². The number of nitrogens with zero attached hydrogens (tertiary/aromatic N) is 1. The summed E-state index contributed by atoms with van der Waals surface area (Å²) in [6.07, 6.45) is 1.58. The molecule has 0 unspecified atom stereocenters. The van der Waals surface area contributed by atoms with E-state index in [-0.39, 0.29) is 5.75 Å². The largest absolute Gasteiger partial charge is 0.505 e. The number of aromatic hydroxyl groups is 1. The molecule has 1 aliphatic carbocycles. The molecule has 2 aromatic carbocycles. The van der Waals surface area contributed by atoms with Crippen LogP contribution in [0.25, 0.3) is 11.1 Å². The summed E-state index contributed by atoms with van der Waals surface area (Å²) in [4.78, 5) is 0. The molecule has 0 saturated heterocycles. The van der Waals surface area contributed by atoms with Crippen molar-refractivity contribution in [1.82, 2.24) is 0 Å². The van der Waals surface area contributed by atoms with Gasteiger partial charge in [-0.05, 0) is 47.7 Å². The van der Waals surface area contributed by atoms with E-state index in [1.54, 1.807) is 6.07 Å². The maximum Gasteiger partial charge on any atom is 0.165 e. The van der Waals surface area contributed by atoms with Crippen molar-refractivity contribution in [3.63, 3.8) is 0 Å². The van der Waals surface area contributed by atoms with Crippen molar-refractivity contribution in [2.24, 2.45) is 5.16 Å². The fourth-order valence-electron chi connectivity index (χ4n) is 2.42. The standard InChI is InChI=1S/C15H12FNO2/c16-13-8-11(4-6-15(13)18)10-2-1-9-3-5-14(17-19)12(9)7-10/h1-2,4,6-8,18-19H,3,5H2. The van der Waals surface area contributed by atoms with Gasteiger partial charge in [0.1, 0.15) is 0 Å². The Balaban J connectivity index is 2.09. The lowest BCUT2D eigenvalue weighted by Crippen LogP contribution is -1.94. The van der Waals surface area contributed by atoms with Crippen LogP contribution in [-0.4, -0.2) is 16.0 Å². The van der Waals surface area contributed by atoms with Crippen molar-refractivity contribution < 1.29 is 14.7 Å². The Morgan fingerprint density at radius 1 is 1.00 bits per heavy atom. The molecule has 0 aliphatic heterocycles. The molecule has 3 rings (SSSR count). The number of aryl methyl sites for hydroxylation is 1. The van der Waals surface area contributed by atoms with Gasteiger partial charge in [0.05, 0.1) is 5.71 Å². The number of oxime groups is 1. The van der Waals surface area contributed by atoms with Crippen molar-refractivity contribution in [1.29, 1.82) is 0 Å². The molecule has 2 N–H and O–H groups in total. The second-order valence-corrected chi connectivity index (χ2v) is 4.58. The minimum absolute atomic E-state index is 0.359. The Morgan fingerprint density at radius 2 is 1.74 bits per heavy atom. The summed E-state index contributed by atoms with van der Waals surface area (Å²) in [6.45, 7) is 0. The highest BCUT2D eigenvalue weighted by atomic mass is 19.1. The zero-order valence-corrected chi connectivity index (χ0v) is 10.1. The number of benzene rings is 2. The normalized spacial score (nSPS) is 15.7. The average Bonchev–Trinajstić information content (AvgIpc) is 2.84. The molecular formula is C15H12FNO2. The van der Waals surface area contributed by atoms with Crippen LogP contribution in [0.3, 0.4) is 0 Å². The third-order valence-electron chi connectivity index (χ3n) is 3.45. The van der Waals surface area contributed by atoms with Crippen LogP contribution >= 0.6 is 0 Å². The number of rotatable bonds is 1. The van der Waals surface area contributed by atoms with Crippen LogP contribution < -0.4 is 0 Å². The van der Waals surface area contributed by atoms with E-state index >= 15 is 0 Å². The second-order valence-electron chi connectivity index (χ2n) is 4.58. The molecule has 0 heterocycles. The van der Waals surface area contributed by atoms with Crippen LogP contribution in [0.1, 0.15) is 17.5 Å². The Kier molecular flexibility index (Phi) is 2.71. The predicted octanol–water partition coefficient (Wildman–Crippen LogP) is 3.32. The molecule has 2 aromatic rings. The van der Waals surface area contributed by atoms with Crippen molar-refractivity contribution in [3.05, 3.63) is 53.3 Å². The van der Waals surface area contributed by atoms with E-state index in [2.05, 4.69) is 5.16 Å². The number of phenols is 1. The Morgan fingerprint density at radius 3 is 2.47 bits per heavy atom. The summed E-state index contributed by atoms with van der Waals surface area (Å²) >= 11 is 0. The van der Waals surface area contributed by atoms with Crippen LogP contribution in [0, 0.1) is 5.82 Å². The average molecular weight is 257 g/mol. The fourth-order valence-corrected chi connectivity index (χ4v) is 2.42. The zero-order chi connectivity index (χ0) is 13.4. The van der Waals surface area contributed by atoms with Gasteiger partial charge in [0.2, 0.25) is 0 Å². The third kappa shape index (κ3) is 1.95. The van der Waals surface area contributed by atoms with Gasteiger partial charge in [0.25, 0.3) is 0 Å². The lowest BCUT2D eigenvalue weighted by molar-refractivity contribution is 0.318. The third-order valence-corrected chi connectivity index (χ3v) is 3.45. The number of fused-ring (bicyclic) bond motifs is 1. The van der Waals surface area contributed by atoms with Gasteiger partial charge >= 0.3 is 0 Å². The number of halogens is 1. The van der Waals surface area contributed by atoms with Crippen LogP contribution in [-0.2, 0) is 6.42 Å². The van der Waals surface area contributed by atoms with Crippen LogP contribution in [0.2, 0.25) is 0 Å². The summed E-state index contributed by atoms with van der Waals surface area (Å²) in [7, 11) is 0. The topological polar surface area (TPSA) is 52.8 Å². The van der Waals surface area contributed by atoms with Crippen molar-refractivity contribution >= 4 is 5.71 Å². The molecule has 0 bridgehead atoms. The second kappa shape index (κ2) is 4.39. The highest BCUT2D eigenvalue weighted by Gasteiger charge is 2.18. The van der Waals surface area contributed by atoms with Gasteiger partial charge in [-0.3, -0.25) is 0 Å². The minimum Gasteiger partial charge on any atom is -0.505 e. The predicted molar refractivity (Wildman–Crippen MR) is 70.1 cm³/mol. The van der Waals surface area contributed by atoms with E-state index in [1.807, 2.05) is 18.2 Å². The summed E-state index contributed by atoms with van der Waals surface area (Å²) in [6, 6.07) is 10.0.